The van der Waals surface area contributed by atoms with Gasteiger partial charge in [-0.2, -0.15) is 0 Å². The van der Waals surface area contributed by atoms with Crippen molar-refractivity contribution < 1.29 is 0 Å². The first-order chi connectivity index (χ1) is 8.40. The molecule has 0 unspecified atom stereocenters. The zero-order valence-corrected chi connectivity index (χ0v) is 10.5. The molecule has 1 heterocycles. The van der Waals surface area contributed by atoms with Crippen LogP contribution in [0.15, 0.2) is 18.2 Å². The van der Waals surface area contributed by atoms with Gasteiger partial charge in [-0.05, 0) is 30.4 Å². The lowest BCUT2D eigenvalue weighted by Crippen LogP contribution is -2.36. The minimum atomic E-state index is 0.673. The van der Waals surface area contributed by atoms with E-state index < -0.39 is 0 Å². The van der Waals surface area contributed by atoms with E-state index in [4.69, 9.17) is 5.73 Å². The van der Waals surface area contributed by atoms with E-state index in [1.807, 2.05) is 0 Å². The number of rotatable bonds is 2. The van der Waals surface area contributed by atoms with Gasteiger partial charge in [-0.3, -0.25) is 0 Å². The smallest absolute Gasteiger partial charge is 0.0447 e. The summed E-state index contributed by atoms with van der Waals surface area (Å²) in [5, 5.41) is 0. The van der Waals surface area contributed by atoms with Gasteiger partial charge in [-0.25, -0.2) is 0 Å². The Morgan fingerprint density at radius 2 is 2.00 bits per heavy atom. The molecule has 1 saturated carbocycles. The van der Waals surface area contributed by atoms with Crippen molar-refractivity contribution in [2.75, 3.05) is 11.4 Å². The Hall–Kier alpha value is -1.02. The van der Waals surface area contributed by atoms with E-state index in [1.165, 1.54) is 61.9 Å². The molecule has 1 aromatic rings. The number of nitrogens with two attached hydrogens (primary N) is 1. The summed E-state index contributed by atoms with van der Waals surface area (Å²) in [6, 6.07) is 7.40. The number of hydrogen-bond donors (Lipinski definition) is 1. The zero-order chi connectivity index (χ0) is 11.7. The molecule has 92 valence electrons. The average Bonchev–Trinajstić information content (AvgIpc) is 2.83. The van der Waals surface area contributed by atoms with Crippen LogP contribution in [0.3, 0.4) is 0 Å². The van der Waals surface area contributed by atoms with Crippen LogP contribution in [-0.2, 0) is 13.0 Å². The van der Waals surface area contributed by atoms with Gasteiger partial charge in [0, 0.05) is 24.8 Å². The minimum Gasteiger partial charge on any atom is -0.368 e. The predicted octanol–water partition coefficient (Wildman–Crippen LogP) is 2.84. The summed E-state index contributed by atoms with van der Waals surface area (Å²) in [7, 11) is 0. The van der Waals surface area contributed by atoms with Gasteiger partial charge in [0.1, 0.15) is 0 Å². The van der Waals surface area contributed by atoms with Crippen LogP contribution in [0, 0.1) is 0 Å². The third-order valence-corrected chi connectivity index (χ3v) is 4.35. The Labute approximate surface area is 104 Å². The second-order valence-electron chi connectivity index (χ2n) is 5.36. The number of anilines is 1. The maximum absolute atomic E-state index is 5.89. The molecule has 0 radical (unpaired) electrons. The highest BCUT2D eigenvalue weighted by molar-refractivity contribution is 5.64. The van der Waals surface area contributed by atoms with Crippen molar-refractivity contribution in [1.29, 1.82) is 0 Å². The Bertz CT molecular complexity index is 394. The molecule has 1 fully saturated rings. The van der Waals surface area contributed by atoms with Gasteiger partial charge in [0.2, 0.25) is 0 Å². The molecule has 0 spiro atoms. The summed E-state index contributed by atoms with van der Waals surface area (Å²) < 4.78 is 0. The molecule has 17 heavy (non-hydrogen) atoms. The van der Waals surface area contributed by atoms with Gasteiger partial charge in [0.25, 0.3) is 0 Å². The van der Waals surface area contributed by atoms with E-state index in [0.717, 1.165) is 6.04 Å². The predicted molar refractivity (Wildman–Crippen MR) is 72.3 cm³/mol. The zero-order valence-electron chi connectivity index (χ0n) is 10.5. The highest BCUT2D eigenvalue weighted by atomic mass is 15.2. The molecule has 3 rings (SSSR count). The van der Waals surface area contributed by atoms with E-state index in [2.05, 4.69) is 23.1 Å². The molecular formula is C15H22N2. The highest BCUT2D eigenvalue weighted by Gasteiger charge is 2.28. The van der Waals surface area contributed by atoms with Gasteiger partial charge in [-0.15, -0.1) is 0 Å². The van der Waals surface area contributed by atoms with Crippen molar-refractivity contribution >= 4 is 5.69 Å². The molecule has 1 aliphatic carbocycles. The first-order valence-corrected chi connectivity index (χ1v) is 6.97. The van der Waals surface area contributed by atoms with E-state index in [-0.39, 0.29) is 0 Å². The van der Waals surface area contributed by atoms with Crippen LogP contribution < -0.4 is 10.6 Å². The lowest BCUT2D eigenvalue weighted by molar-refractivity contribution is 0.420. The molecule has 1 aliphatic heterocycles. The second-order valence-corrected chi connectivity index (χ2v) is 5.36. The fraction of sp³-hybridized carbons (Fsp3) is 0.600. The number of fused-ring (bicyclic) bond motifs is 1. The number of nitrogens with zero attached hydrogens (tertiary/aromatic N) is 1. The van der Waals surface area contributed by atoms with Crippen LogP contribution in [0.2, 0.25) is 0 Å². The van der Waals surface area contributed by atoms with Crippen LogP contribution in [0.1, 0.15) is 43.2 Å². The molecule has 0 aromatic heterocycles. The van der Waals surface area contributed by atoms with Crippen molar-refractivity contribution in [1.82, 2.24) is 0 Å². The number of benzene rings is 1. The lowest BCUT2D eigenvalue weighted by Gasteiger charge is -2.34. The van der Waals surface area contributed by atoms with E-state index >= 15 is 0 Å². The van der Waals surface area contributed by atoms with Crippen LogP contribution in [-0.4, -0.2) is 12.6 Å². The van der Waals surface area contributed by atoms with Crippen molar-refractivity contribution in [3.63, 3.8) is 0 Å². The van der Waals surface area contributed by atoms with Crippen molar-refractivity contribution in [2.45, 2.75) is 51.1 Å². The molecule has 2 nitrogen and oxygen atoms in total. The molecule has 0 amide bonds. The normalized spacial score (nSPS) is 20.6. The molecule has 0 atom stereocenters. The summed E-state index contributed by atoms with van der Waals surface area (Å²) in [6.07, 6.45) is 8.19. The molecule has 2 heteroatoms. The molecule has 0 saturated heterocycles. The van der Waals surface area contributed by atoms with Gasteiger partial charge in [0.05, 0.1) is 0 Å². The Morgan fingerprint density at radius 3 is 2.76 bits per heavy atom. The van der Waals surface area contributed by atoms with Crippen molar-refractivity contribution in [3.8, 4) is 0 Å². The van der Waals surface area contributed by atoms with Crippen LogP contribution >= 0.6 is 0 Å². The summed E-state index contributed by atoms with van der Waals surface area (Å²) in [5.41, 5.74) is 10.2. The summed E-state index contributed by atoms with van der Waals surface area (Å²) in [4.78, 5) is 2.65. The summed E-state index contributed by atoms with van der Waals surface area (Å²) in [5.74, 6) is 0. The van der Waals surface area contributed by atoms with Crippen LogP contribution in [0.5, 0.6) is 0 Å². The molecular weight excluding hydrogens is 208 g/mol. The van der Waals surface area contributed by atoms with E-state index in [0.29, 0.717) is 6.54 Å². The minimum absolute atomic E-state index is 0.673. The largest absolute Gasteiger partial charge is 0.368 e. The monoisotopic (exact) mass is 230 g/mol. The standard InChI is InChI=1S/C15H22N2/c16-11-13-6-4-5-12-9-10-17(15(12)13)14-7-2-1-3-8-14/h4-6,14H,1-3,7-11,16H2. The first-order valence-electron chi connectivity index (χ1n) is 6.97. The summed E-state index contributed by atoms with van der Waals surface area (Å²) >= 11 is 0. The maximum Gasteiger partial charge on any atom is 0.0447 e. The third kappa shape index (κ3) is 1.95. The molecule has 0 bridgehead atoms. The average molecular weight is 230 g/mol. The second kappa shape index (κ2) is 4.69. The molecule has 2 N–H and O–H groups in total. The van der Waals surface area contributed by atoms with Gasteiger partial charge in [-0.1, -0.05) is 37.5 Å². The number of para-hydroxylation sites is 1. The van der Waals surface area contributed by atoms with Gasteiger partial charge < -0.3 is 10.6 Å². The van der Waals surface area contributed by atoms with Gasteiger partial charge >= 0.3 is 0 Å². The Morgan fingerprint density at radius 1 is 1.18 bits per heavy atom. The van der Waals surface area contributed by atoms with E-state index in [1.54, 1.807) is 0 Å². The maximum atomic E-state index is 5.89. The fourth-order valence-electron chi connectivity index (χ4n) is 3.49. The lowest BCUT2D eigenvalue weighted by atomic mass is 9.94. The number of hydrogen-bond acceptors (Lipinski definition) is 2. The third-order valence-electron chi connectivity index (χ3n) is 4.35. The Balaban J connectivity index is 1.91. The van der Waals surface area contributed by atoms with Crippen LogP contribution in [0.4, 0.5) is 5.69 Å². The topological polar surface area (TPSA) is 29.3 Å². The van der Waals surface area contributed by atoms with Crippen LogP contribution in [0.25, 0.3) is 0 Å². The molecule has 2 aliphatic rings. The quantitative estimate of drug-likeness (QED) is 0.846. The summed E-state index contributed by atoms with van der Waals surface area (Å²) in [6.45, 7) is 1.88. The van der Waals surface area contributed by atoms with Crippen molar-refractivity contribution in [2.24, 2.45) is 5.73 Å². The highest BCUT2D eigenvalue weighted by Crippen LogP contribution is 2.36. The fourth-order valence-corrected chi connectivity index (χ4v) is 3.49. The van der Waals surface area contributed by atoms with Crippen molar-refractivity contribution in [3.05, 3.63) is 29.3 Å². The first kappa shape index (κ1) is 11.1. The molecule has 1 aromatic carbocycles. The van der Waals surface area contributed by atoms with E-state index in [9.17, 15) is 0 Å². The SMILES string of the molecule is NCc1cccc2c1N(C1CCCCC1)CC2. The Kier molecular flexibility index (Phi) is 3.06. The van der Waals surface area contributed by atoms with Gasteiger partial charge in [0.15, 0.2) is 0 Å².